The predicted molar refractivity (Wildman–Crippen MR) is 141 cm³/mol. The van der Waals surface area contributed by atoms with Crippen molar-refractivity contribution >= 4 is 46.5 Å². The SMILES string of the molecule is CN(C)c1ccc(/C=N\N=C2\S/C(=C\c3ccc(N(C)C)cc3)C(=O)N2Cc2ccco2)cc1. The van der Waals surface area contributed by atoms with Crippen LogP contribution >= 0.6 is 11.8 Å². The molecule has 0 atom stereocenters. The third-order valence-electron chi connectivity index (χ3n) is 5.25. The summed E-state index contributed by atoms with van der Waals surface area (Å²) in [5, 5.41) is 9.14. The van der Waals surface area contributed by atoms with Crippen LogP contribution in [0.1, 0.15) is 16.9 Å². The summed E-state index contributed by atoms with van der Waals surface area (Å²) < 4.78 is 5.46. The molecule has 1 saturated heterocycles. The molecule has 1 fully saturated rings. The number of nitrogens with zero attached hydrogens (tertiary/aromatic N) is 5. The normalized spacial score (nSPS) is 16.2. The maximum atomic E-state index is 13.2. The monoisotopic (exact) mass is 473 g/mol. The molecule has 8 heteroatoms. The zero-order chi connectivity index (χ0) is 24.1. The summed E-state index contributed by atoms with van der Waals surface area (Å²) in [6, 6.07) is 19.7. The van der Waals surface area contributed by atoms with Gasteiger partial charge in [0.25, 0.3) is 5.91 Å². The smallest absolute Gasteiger partial charge is 0.267 e. The fourth-order valence-electron chi connectivity index (χ4n) is 3.30. The first-order valence-corrected chi connectivity index (χ1v) is 11.6. The van der Waals surface area contributed by atoms with E-state index in [0.29, 0.717) is 22.4 Å². The van der Waals surface area contributed by atoms with Crippen LogP contribution in [0.25, 0.3) is 6.08 Å². The van der Waals surface area contributed by atoms with Gasteiger partial charge in [-0.2, -0.15) is 5.10 Å². The summed E-state index contributed by atoms with van der Waals surface area (Å²) in [5.41, 5.74) is 4.09. The molecule has 1 amide bonds. The lowest BCUT2D eigenvalue weighted by molar-refractivity contribution is -0.122. The summed E-state index contributed by atoms with van der Waals surface area (Å²) in [7, 11) is 7.99. The summed E-state index contributed by atoms with van der Waals surface area (Å²) in [5.74, 6) is 0.559. The second kappa shape index (κ2) is 10.4. The van der Waals surface area contributed by atoms with Crippen molar-refractivity contribution in [3.05, 3.63) is 88.7 Å². The van der Waals surface area contributed by atoms with Crippen molar-refractivity contribution in [2.24, 2.45) is 10.2 Å². The molecule has 1 aromatic heterocycles. The van der Waals surface area contributed by atoms with Crippen LogP contribution in [0.2, 0.25) is 0 Å². The zero-order valence-electron chi connectivity index (χ0n) is 19.7. The quantitative estimate of drug-likeness (QED) is 0.277. The highest BCUT2D eigenvalue weighted by Crippen LogP contribution is 2.34. The maximum Gasteiger partial charge on any atom is 0.267 e. The zero-order valence-corrected chi connectivity index (χ0v) is 20.5. The van der Waals surface area contributed by atoms with Crippen LogP contribution in [-0.4, -0.2) is 50.4 Å². The molecular weight excluding hydrogens is 446 g/mol. The highest BCUT2D eigenvalue weighted by atomic mass is 32.2. The highest BCUT2D eigenvalue weighted by molar-refractivity contribution is 8.18. The Labute approximate surface area is 204 Å². The van der Waals surface area contributed by atoms with E-state index in [2.05, 4.69) is 10.2 Å². The van der Waals surface area contributed by atoms with E-state index < -0.39 is 0 Å². The molecule has 1 aliphatic heterocycles. The summed E-state index contributed by atoms with van der Waals surface area (Å²) in [6.45, 7) is 0.293. The Bertz CT molecular complexity index is 1210. The Morgan fingerprint density at radius 1 is 0.912 bits per heavy atom. The van der Waals surface area contributed by atoms with Crippen molar-refractivity contribution < 1.29 is 9.21 Å². The molecule has 0 N–H and O–H groups in total. The van der Waals surface area contributed by atoms with Crippen molar-refractivity contribution in [3.63, 3.8) is 0 Å². The van der Waals surface area contributed by atoms with Gasteiger partial charge in [0.2, 0.25) is 0 Å². The van der Waals surface area contributed by atoms with Crippen molar-refractivity contribution in [3.8, 4) is 0 Å². The average molecular weight is 474 g/mol. The molecular formula is C26H27N5O2S. The van der Waals surface area contributed by atoms with Gasteiger partial charge in [0.15, 0.2) is 5.17 Å². The van der Waals surface area contributed by atoms with Gasteiger partial charge < -0.3 is 14.2 Å². The Hall–Kier alpha value is -3.78. The van der Waals surface area contributed by atoms with Crippen LogP contribution in [0.4, 0.5) is 11.4 Å². The Kier molecular flexibility index (Phi) is 7.18. The number of hydrogen-bond acceptors (Lipinski definition) is 7. The summed E-state index contributed by atoms with van der Waals surface area (Å²) >= 11 is 1.31. The van der Waals surface area contributed by atoms with Gasteiger partial charge in [-0.25, -0.2) is 0 Å². The topological polar surface area (TPSA) is 64.7 Å². The first kappa shape index (κ1) is 23.4. The lowest BCUT2D eigenvalue weighted by atomic mass is 10.2. The standard InChI is InChI=1S/C26H27N5O2S/c1-29(2)21-11-7-19(8-12-21)16-24-25(32)31(18-23-6-5-15-33-23)26(34-24)28-27-17-20-9-13-22(14-10-20)30(3)4/h5-17H,18H2,1-4H3/b24-16-,27-17-,28-26+. The summed E-state index contributed by atoms with van der Waals surface area (Å²) in [4.78, 5) is 19.5. The van der Waals surface area contributed by atoms with Gasteiger partial charge in [-0.15, -0.1) is 5.10 Å². The lowest BCUT2D eigenvalue weighted by Crippen LogP contribution is -2.28. The first-order valence-electron chi connectivity index (χ1n) is 10.8. The molecule has 3 aromatic rings. The van der Waals surface area contributed by atoms with Gasteiger partial charge in [-0.1, -0.05) is 24.3 Å². The van der Waals surface area contributed by atoms with Gasteiger partial charge in [0, 0.05) is 39.6 Å². The molecule has 7 nitrogen and oxygen atoms in total. The van der Waals surface area contributed by atoms with Gasteiger partial charge in [0.05, 0.1) is 23.9 Å². The number of rotatable bonds is 7. The Morgan fingerprint density at radius 3 is 2.09 bits per heavy atom. The number of benzene rings is 2. The van der Waals surface area contributed by atoms with Crippen LogP contribution in [0.5, 0.6) is 0 Å². The van der Waals surface area contributed by atoms with E-state index in [1.54, 1.807) is 23.4 Å². The number of carbonyl (C=O) groups excluding carboxylic acids is 1. The van der Waals surface area contributed by atoms with E-state index in [0.717, 1.165) is 22.5 Å². The highest BCUT2D eigenvalue weighted by Gasteiger charge is 2.34. The van der Waals surface area contributed by atoms with Gasteiger partial charge in [-0.05, 0) is 65.4 Å². The van der Waals surface area contributed by atoms with Crippen LogP contribution < -0.4 is 9.80 Å². The number of amidine groups is 1. The van der Waals surface area contributed by atoms with Gasteiger partial charge in [-0.3, -0.25) is 9.69 Å². The molecule has 0 aliphatic carbocycles. The molecule has 0 bridgehead atoms. The van der Waals surface area contributed by atoms with Crippen molar-refractivity contribution in [2.45, 2.75) is 6.54 Å². The van der Waals surface area contributed by atoms with Crippen LogP contribution in [0.15, 0.2) is 86.5 Å². The van der Waals surface area contributed by atoms with Gasteiger partial charge in [0.1, 0.15) is 5.76 Å². The molecule has 0 radical (unpaired) electrons. The number of furan rings is 1. The van der Waals surface area contributed by atoms with E-state index in [1.165, 1.54) is 11.8 Å². The van der Waals surface area contributed by atoms with E-state index in [4.69, 9.17) is 4.42 Å². The maximum absolute atomic E-state index is 13.2. The second-order valence-corrected chi connectivity index (χ2v) is 9.19. The van der Waals surface area contributed by atoms with E-state index in [1.807, 2.05) is 98.7 Å². The minimum absolute atomic E-state index is 0.123. The number of anilines is 2. The van der Waals surface area contributed by atoms with Crippen molar-refractivity contribution in [1.82, 2.24) is 4.90 Å². The first-order chi connectivity index (χ1) is 16.4. The third kappa shape index (κ3) is 5.58. The van der Waals surface area contributed by atoms with Crippen LogP contribution in [0, 0.1) is 0 Å². The molecule has 4 rings (SSSR count). The van der Waals surface area contributed by atoms with E-state index >= 15 is 0 Å². The molecule has 1 aliphatic rings. The Balaban J connectivity index is 1.57. The van der Waals surface area contributed by atoms with Crippen LogP contribution in [-0.2, 0) is 11.3 Å². The molecule has 2 heterocycles. The predicted octanol–water partition coefficient (Wildman–Crippen LogP) is 4.92. The third-order valence-corrected chi connectivity index (χ3v) is 6.25. The van der Waals surface area contributed by atoms with Crippen molar-refractivity contribution in [1.29, 1.82) is 0 Å². The molecule has 2 aromatic carbocycles. The fraction of sp³-hybridized carbons (Fsp3) is 0.192. The molecule has 34 heavy (non-hydrogen) atoms. The van der Waals surface area contributed by atoms with Gasteiger partial charge >= 0.3 is 0 Å². The number of thioether (sulfide) groups is 1. The average Bonchev–Trinajstić information content (AvgIpc) is 3.44. The lowest BCUT2D eigenvalue weighted by Gasteiger charge is -2.13. The van der Waals surface area contributed by atoms with Crippen molar-refractivity contribution in [2.75, 3.05) is 38.0 Å². The molecule has 174 valence electrons. The Morgan fingerprint density at radius 2 is 1.53 bits per heavy atom. The van der Waals surface area contributed by atoms with E-state index in [-0.39, 0.29) is 5.91 Å². The number of hydrogen-bond donors (Lipinski definition) is 0. The van der Waals surface area contributed by atoms with Crippen LogP contribution in [0.3, 0.4) is 0 Å². The molecule has 0 saturated carbocycles. The fourth-order valence-corrected chi connectivity index (χ4v) is 4.24. The largest absolute Gasteiger partial charge is 0.467 e. The minimum Gasteiger partial charge on any atom is -0.467 e. The summed E-state index contributed by atoms with van der Waals surface area (Å²) in [6.07, 6.45) is 5.16. The van der Waals surface area contributed by atoms with E-state index in [9.17, 15) is 4.79 Å². The second-order valence-electron chi connectivity index (χ2n) is 8.18. The number of amides is 1. The molecule has 0 unspecified atom stereocenters. The molecule has 0 spiro atoms. The number of carbonyl (C=O) groups is 1. The minimum atomic E-state index is -0.123.